The third-order valence-corrected chi connectivity index (χ3v) is 9.22. The standard InChI is InChI=1S/C42H30N6O4/c49-47(50)36-27-15-13-25-34(36)42(35-26-14-16-28-37(35)48(51)52)44-39(31-19-7-2-8-20-31)41(33-23-11-4-12-24-33)46(42)45-29-43-38(30-17-5-1-6-18-30)40(45)32-21-9-3-10-22-32/h1-29,44H. The number of nitrogens with zero attached hydrogens (tertiary/aromatic N) is 5. The van der Waals surface area contributed by atoms with Gasteiger partial charge in [-0.1, -0.05) is 146 Å². The second-order valence-corrected chi connectivity index (χ2v) is 12.2. The van der Waals surface area contributed by atoms with E-state index in [1.54, 1.807) is 42.7 Å². The number of nitrogens with one attached hydrogen (secondary N) is 1. The van der Waals surface area contributed by atoms with Crippen molar-refractivity contribution in [1.29, 1.82) is 0 Å². The molecule has 0 saturated heterocycles. The van der Waals surface area contributed by atoms with Gasteiger partial charge in [0.2, 0.25) is 0 Å². The molecule has 1 aliphatic rings. The van der Waals surface area contributed by atoms with Crippen molar-refractivity contribution in [2.75, 3.05) is 5.01 Å². The smallest absolute Gasteiger partial charge is 0.277 e. The summed E-state index contributed by atoms with van der Waals surface area (Å²) < 4.78 is 1.87. The zero-order chi connectivity index (χ0) is 35.7. The van der Waals surface area contributed by atoms with E-state index in [4.69, 9.17) is 4.98 Å². The van der Waals surface area contributed by atoms with Gasteiger partial charge in [0.1, 0.15) is 6.33 Å². The molecule has 1 aliphatic heterocycles. The van der Waals surface area contributed by atoms with Crippen molar-refractivity contribution < 1.29 is 9.85 Å². The van der Waals surface area contributed by atoms with Crippen molar-refractivity contribution >= 4 is 22.8 Å². The van der Waals surface area contributed by atoms with E-state index in [9.17, 15) is 20.2 Å². The number of hydrogen-bond donors (Lipinski definition) is 1. The number of rotatable bonds is 9. The summed E-state index contributed by atoms with van der Waals surface area (Å²) in [4.78, 5) is 30.1. The summed E-state index contributed by atoms with van der Waals surface area (Å²) in [6, 6.07) is 51.6. The number of benzene rings is 6. The molecule has 8 rings (SSSR count). The zero-order valence-electron chi connectivity index (χ0n) is 27.6. The van der Waals surface area contributed by atoms with Crippen LogP contribution in [0.25, 0.3) is 33.9 Å². The Bertz CT molecular complexity index is 2390. The molecule has 0 spiro atoms. The first kappa shape index (κ1) is 31.9. The highest BCUT2D eigenvalue weighted by Crippen LogP contribution is 2.52. The molecule has 0 aliphatic carbocycles. The summed E-state index contributed by atoms with van der Waals surface area (Å²) in [5.74, 6) is 0. The van der Waals surface area contributed by atoms with Crippen LogP contribution in [0.3, 0.4) is 0 Å². The second kappa shape index (κ2) is 13.2. The second-order valence-electron chi connectivity index (χ2n) is 12.2. The van der Waals surface area contributed by atoms with E-state index in [-0.39, 0.29) is 22.5 Å². The molecule has 2 heterocycles. The number of hydrogen-bond acceptors (Lipinski definition) is 7. The Morgan fingerprint density at radius 1 is 0.519 bits per heavy atom. The van der Waals surface area contributed by atoms with Gasteiger partial charge in [0, 0.05) is 28.8 Å². The van der Waals surface area contributed by atoms with E-state index in [1.165, 1.54) is 12.1 Å². The molecule has 0 bridgehead atoms. The van der Waals surface area contributed by atoms with Crippen molar-refractivity contribution in [3.63, 3.8) is 0 Å². The lowest BCUT2D eigenvalue weighted by molar-refractivity contribution is -0.387. The molecule has 0 saturated carbocycles. The predicted molar refractivity (Wildman–Crippen MR) is 201 cm³/mol. The van der Waals surface area contributed by atoms with Gasteiger partial charge in [-0.2, -0.15) is 0 Å². The lowest BCUT2D eigenvalue weighted by Crippen LogP contribution is -2.56. The summed E-state index contributed by atoms with van der Waals surface area (Å²) in [5, 5.41) is 31.6. The first-order valence-electron chi connectivity index (χ1n) is 16.6. The first-order chi connectivity index (χ1) is 25.5. The summed E-state index contributed by atoms with van der Waals surface area (Å²) in [7, 11) is 0. The van der Waals surface area contributed by atoms with Gasteiger partial charge < -0.3 is 5.32 Å². The van der Waals surface area contributed by atoms with Crippen LogP contribution in [0.1, 0.15) is 22.3 Å². The molecule has 0 fully saturated rings. The van der Waals surface area contributed by atoms with E-state index in [1.807, 2.05) is 131 Å². The summed E-state index contributed by atoms with van der Waals surface area (Å²) in [6.07, 6.45) is 1.68. The molecule has 1 aromatic heterocycles. The third kappa shape index (κ3) is 5.26. The highest BCUT2D eigenvalue weighted by molar-refractivity contribution is 5.99. The quantitative estimate of drug-likeness (QED) is 0.119. The fourth-order valence-corrected chi connectivity index (χ4v) is 7.06. The highest BCUT2D eigenvalue weighted by Gasteiger charge is 2.56. The fourth-order valence-electron chi connectivity index (χ4n) is 7.06. The van der Waals surface area contributed by atoms with Gasteiger partial charge in [0.25, 0.3) is 11.4 Å². The van der Waals surface area contributed by atoms with Gasteiger partial charge in [-0.25, -0.2) is 14.7 Å². The van der Waals surface area contributed by atoms with Crippen molar-refractivity contribution in [2.24, 2.45) is 0 Å². The molecule has 6 aromatic carbocycles. The van der Waals surface area contributed by atoms with Crippen LogP contribution in [0.5, 0.6) is 0 Å². The minimum Gasteiger partial charge on any atom is -0.351 e. The summed E-state index contributed by atoms with van der Waals surface area (Å²) >= 11 is 0. The molecular formula is C42H30N6O4. The Morgan fingerprint density at radius 2 is 0.942 bits per heavy atom. The van der Waals surface area contributed by atoms with E-state index in [2.05, 4.69) is 5.32 Å². The normalized spacial score (nSPS) is 13.5. The Morgan fingerprint density at radius 3 is 1.44 bits per heavy atom. The Labute approximate surface area is 298 Å². The zero-order valence-corrected chi connectivity index (χ0v) is 27.6. The largest absolute Gasteiger partial charge is 0.351 e. The third-order valence-electron chi connectivity index (χ3n) is 9.22. The fraction of sp³-hybridized carbons (Fsp3) is 0.0238. The summed E-state index contributed by atoms with van der Waals surface area (Å²) in [6.45, 7) is 0. The average Bonchev–Trinajstić information content (AvgIpc) is 3.80. The molecule has 1 N–H and O–H groups in total. The molecule has 7 aromatic rings. The Balaban J connectivity index is 1.59. The molecule has 52 heavy (non-hydrogen) atoms. The van der Waals surface area contributed by atoms with Crippen LogP contribution in [0.4, 0.5) is 11.4 Å². The predicted octanol–water partition coefficient (Wildman–Crippen LogP) is 9.00. The molecule has 10 heteroatoms. The average molecular weight is 683 g/mol. The molecule has 10 nitrogen and oxygen atoms in total. The van der Waals surface area contributed by atoms with Crippen molar-refractivity contribution in [1.82, 2.24) is 15.0 Å². The van der Waals surface area contributed by atoms with Crippen LogP contribution in [-0.2, 0) is 5.66 Å². The van der Waals surface area contributed by atoms with Crippen LogP contribution in [0.15, 0.2) is 176 Å². The van der Waals surface area contributed by atoms with E-state index in [0.29, 0.717) is 22.8 Å². The van der Waals surface area contributed by atoms with Gasteiger partial charge in [0.15, 0.2) is 5.66 Å². The van der Waals surface area contributed by atoms with E-state index < -0.39 is 15.5 Å². The van der Waals surface area contributed by atoms with Gasteiger partial charge in [-0.3, -0.25) is 20.2 Å². The number of imidazole rings is 1. The van der Waals surface area contributed by atoms with Crippen molar-refractivity contribution in [2.45, 2.75) is 5.66 Å². The molecule has 0 unspecified atom stereocenters. The van der Waals surface area contributed by atoms with Gasteiger partial charge >= 0.3 is 0 Å². The minimum atomic E-state index is -1.78. The molecular weight excluding hydrogens is 652 g/mol. The molecule has 0 amide bonds. The number of nitro benzene ring substituents is 2. The lowest BCUT2D eigenvalue weighted by Gasteiger charge is -2.42. The van der Waals surface area contributed by atoms with Crippen LogP contribution in [0.2, 0.25) is 0 Å². The maximum absolute atomic E-state index is 13.0. The minimum absolute atomic E-state index is 0.197. The number of nitro groups is 2. The molecule has 0 radical (unpaired) electrons. The maximum atomic E-state index is 13.0. The van der Waals surface area contributed by atoms with Crippen LogP contribution < -0.4 is 10.3 Å². The summed E-state index contributed by atoms with van der Waals surface area (Å²) in [5.41, 5.74) is 3.96. The number of aromatic nitrogens is 2. The lowest BCUT2D eigenvalue weighted by atomic mass is 9.88. The van der Waals surface area contributed by atoms with Crippen LogP contribution >= 0.6 is 0 Å². The van der Waals surface area contributed by atoms with E-state index in [0.717, 1.165) is 22.3 Å². The van der Waals surface area contributed by atoms with Crippen molar-refractivity contribution in [3.05, 3.63) is 219 Å². The molecule has 252 valence electrons. The van der Waals surface area contributed by atoms with Crippen LogP contribution in [-0.4, -0.2) is 19.5 Å². The first-order valence-corrected chi connectivity index (χ1v) is 16.6. The number of para-hydroxylation sites is 2. The Hall–Kier alpha value is -7.33. The van der Waals surface area contributed by atoms with Gasteiger partial charge in [-0.05, 0) is 17.7 Å². The van der Waals surface area contributed by atoms with Gasteiger partial charge in [-0.15, -0.1) is 0 Å². The Kier molecular flexibility index (Phi) is 8.09. The SMILES string of the molecule is O=[N+]([O-])c1ccccc1C1(c2ccccc2[N+](=O)[O-])NC(c2ccccc2)=C(c2ccccc2)N1n1cnc(-c2ccccc2)c1-c1ccccc1. The van der Waals surface area contributed by atoms with Crippen molar-refractivity contribution in [3.8, 4) is 22.5 Å². The van der Waals surface area contributed by atoms with E-state index >= 15 is 0 Å². The maximum Gasteiger partial charge on any atom is 0.277 e. The van der Waals surface area contributed by atoms with Crippen LogP contribution in [0, 0.1) is 20.2 Å². The topological polar surface area (TPSA) is 119 Å². The molecule has 0 atom stereocenters. The monoisotopic (exact) mass is 682 g/mol. The highest BCUT2D eigenvalue weighted by atomic mass is 16.6. The van der Waals surface area contributed by atoms with Gasteiger partial charge in [0.05, 0.1) is 43.8 Å².